The van der Waals surface area contributed by atoms with Crippen LogP contribution in [-0.2, 0) is 14.4 Å². The van der Waals surface area contributed by atoms with E-state index in [1.165, 1.54) is 5.39 Å². The molecule has 1 aliphatic rings. The number of imidazole rings is 1. The van der Waals surface area contributed by atoms with Crippen molar-refractivity contribution < 1.29 is 14.4 Å². The van der Waals surface area contributed by atoms with Gasteiger partial charge in [0.15, 0.2) is 0 Å². The first kappa shape index (κ1) is 22.5. The molecule has 8 nitrogen and oxygen atoms in total. The number of carbonyl (C=O) groups excluding carboxylic acids is 3. The van der Waals surface area contributed by atoms with E-state index in [0.717, 1.165) is 35.9 Å². The Bertz CT molecular complexity index is 1160. The van der Waals surface area contributed by atoms with Gasteiger partial charge in [-0.3, -0.25) is 14.4 Å². The molecule has 172 valence electrons. The molecule has 1 aliphatic heterocycles. The second-order valence-electron chi connectivity index (χ2n) is 8.58. The number of aromatic nitrogens is 2. The van der Waals surface area contributed by atoms with Gasteiger partial charge in [-0.15, -0.1) is 0 Å². The van der Waals surface area contributed by atoms with Gasteiger partial charge in [0, 0.05) is 24.9 Å². The molecule has 2 aromatic carbocycles. The van der Waals surface area contributed by atoms with Gasteiger partial charge in [-0.25, -0.2) is 4.98 Å². The van der Waals surface area contributed by atoms with Crippen molar-refractivity contribution in [2.45, 2.75) is 44.6 Å². The molecule has 1 fully saturated rings. The number of carbonyl (C=O) groups is 3. The second-order valence-corrected chi connectivity index (χ2v) is 8.58. The SMILES string of the molecule is NC(=O)CCCCC[C@H](NC(=O)C1CNC(=O)C1)c1ncc(-c2ccc3ccccc3c2)[nH]1. The molecule has 4 rings (SSSR count). The Morgan fingerprint density at radius 1 is 1.12 bits per heavy atom. The average molecular weight is 448 g/mol. The van der Waals surface area contributed by atoms with Crippen molar-refractivity contribution in [2.24, 2.45) is 11.7 Å². The highest BCUT2D eigenvalue weighted by Crippen LogP contribution is 2.26. The van der Waals surface area contributed by atoms with E-state index in [9.17, 15) is 14.4 Å². The van der Waals surface area contributed by atoms with Crippen LogP contribution in [0.2, 0.25) is 0 Å². The third kappa shape index (κ3) is 5.77. The highest BCUT2D eigenvalue weighted by atomic mass is 16.2. The summed E-state index contributed by atoms with van der Waals surface area (Å²) >= 11 is 0. The highest BCUT2D eigenvalue weighted by Gasteiger charge is 2.30. The van der Waals surface area contributed by atoms with Crippen molar-refractivity contribution in [2.75, 3.05) is 6.54 Å². The lowest BCUT2D eigenvalue weighted by atomic mass is 10.0. The normalized spacial score (nSPS) is 16.5. The van der Waals surface area contributed by atoms with Crippen LogP contribution in [-0.4, -0.2) is 34.2 Å². The van der Waals surface area contributed by atoms with E-state index in [1.54, 1.807) is 6.20 Å². The van der Waals surface area contributed by atoms with Crippen LogP contribution < -0.4 is 16.4 Å². The van der Waals surface area contributed by atoms with Gasteiger partial charge in [-0.2, -0.15) is 0 Å². The number of primary amides is 1. The molecule has 0 spiro atoms. The number of nitrogens with one attached hydrogen (secondary N) is 3. The topological polar surface area (TPSA) is 130 Å². The van der Waals surface area contributed by atoms with Gasteiger partial charge < -0.3 is 21.4 Å². The maximum atomic E-state index is 12.8. The first-order valence-electron chi connectivity index (χ1n) is 11.4. The van der Waals surface area contributed by atoms with E-state index in [0.29, 0.717) is 25.2 Å². The van der Waals surface area contributed by atoms with Crippen LogP contribution >= 0.6 is 0 Å². The maximum absolute atomic E-state index is 12.8. The molecule has 1 saturated heterocycles. The Morgan fingerprint density at radius 2 is 1.94 bits per heavy atom. The smallest absolute Gasteiger partial charge is 0.226 e. The van der Waals surface area contributed by atoms with Crippen molar-refractivity contribution in [3.05, 3.63) is 54.5 Å². The van der Waals surface area contributed by atoms with E-state index in [1.807, 2.05) is 18.2 Å². The number of H-pyrrole nitrogens is 1. The van der Waals surface area contributed by atoms with E-state index in [4.69, 9.17) is 5.73 Å². The number of nitrogens with zero attached hydrogens (tertiary/aromatic N) is 1. The van der Waals surface area contributed by atoms with Crippen LogP contribution in [0, 0.1) is 5.92 Å². The molecule has 0 radical (unpaired) electrons. The molecule has 33 heavy (non-hydrogen) atoms. The number of unbranched alkanes of at least 4 members (excludes halogenated alkanes) is 2. The Morgan fingerprint density at radius 3 is 2.70 bits per heavy atom. The van der Waals surface area contributed by atoms with Crippen LogP contribution in [0.3, 0.4) is 0 Å². The van der Waals surface area contributed by atoms with Crippen LogP contribution in [0.15, 0.2) is 48.7 Å². The molecule has 3 amide bonds. The van der Waals surface area contributed by atoms with Crippen LogP contribution in [0.1, 0.15) is 50.4 Å². The molecule has 2 heterocycles. The zero-order chi connectivity index (χ0) is 23.2. The van der Waals surface area contributed by atoms with Crippen LogP contribution in [0.4, 0.5) is 0 Å². The standard InChI is InChI=1S/C25H29N5O3/c26-22(31)9-3-1-2-8-20(30-25(33)19-13-23(32)27-14-19)24-28-15-21(29-24)18-11-10-16-6-4-5-7-17(16)12-18/h4-7,10-12,15,19-20H,1-3,8-9,13-14H2,(H2,26,31)(H,27,32)(H,28,29)(H,30,33)/t19?,20-/m0/s1. The van der Waals surface area contributed by atoms with E-state index < -0.39 is 0 Å². The summed E-state index contributed by atoms with van der Waals surface area (Å²) in [4.78, 5) is 43.2. The first-order valence-corrected chi connectivity index (χ1v) is 11.4. The number of rotatable bonds is 10. The van der Waals surface area contributed by atoms with Gasteiger partial charge in [0.25, 0.3) is 0 Å². The molecule has 0 aliphatic carbocycles. The molecule has 0 saturated carbocycles. The lowest BCUT2D eigenvalue weighted by Gasteiger charge is -2.19. The molecule has 0 bridgehead atoms. The van der Waals surface area contributed by atoms with Crippen molar-refractivity contribution >= 4 is 28.5 Å². The molecule has 2 atom stereocenters. The number of nitrogens with two attached hydrogens (primary N) is 1. The highest BCUT2D eigenvalue weighted by molar-refractivity contribution is 5.89. The Labute approximate surface area is 192 Å². The van der Waals surface area contributed by atoms with Crippen molar-refractivity contribution in [1.82, 2.24) is 20.6 Å². The van der Waals surface area contributed by atoms with E-state index >= 15 is 0 Å². The molecular weight excluding hydrogens is 418 g/mol. The largest absolute Gasteiger partial charge is 0.370 e. The summed E-state index contributed by atoms with van der Waals surface area (Å²) in [5.41, 5.74) is 7.12. The summed E-state index contributed by atoms with van der Waals surface area (Å²) in [6.45, 7) is 0.358. The first-order chi connectivity index (χ1) is 16.0. The fraction of sp³-hybridized carbons (Fsp3) is 0.360. The lowest BCUT2D eigenvalue weighted by molar-refractivity contribution is -0.127. The predicted octanol–water partition coefficient (Wildman–Crippen LogP) is 2.96. The number of aromatic amines is 1. The fourth-order valence-electron chi connectivity index (χ4n) is 4.20. The number of benzene rings is 2. The number of amides is 3. The van der Waals surface area contributed by atoms with Gasteiger partial charge in [-0.05, 0) is 29.7 Å². The maximum Gasteiger partial charge on any atom is 0.226 e. The van der Waals surface area contributed by atoms with Crippen molar-refractivity contribution in [3.8, 4) is 11.3 Å². The Hall–Kier alpha value is -3.68. The molecule has 1 unspecified atom stereocenters. The van der Waals surface area contributed by atoms with Crippen LogP contribution in [0.5, 0.6) is 0 Å². The zero-order valence-corrected chi connectivity index (χ0v) is 18.5. The van der Waals surface area contributed by atoms with Crippen LogP contribution in [0.25, 0.3) is 22.0 Å². The number of hydrogen-bond donors (Lipinski definition) is 4. The number of hydrogen-bond acceptors (Lipinski definition) is 4. The molecule has 1 aromatic heterocycles. The third-order valence-electron chi connectivity index (χ3n) is 6.07. The summed E-state index contributed by atoms with van der Waals surface area (Å²) in [6, 6.07) is 14.1. The van der Waals surface area contributed by atoms with Gasteiger partial charge in [0.05, 0.1) is 23.9 Å². The molecule has 8 heteroatoms. The summed E-state index contributed by atoms with van der Waals surface area (Å²) in [7, 11) is 0. The van der Waals surface area contributed by atoms with Gasteiger partial charge in [0.2, 0.25) is 17.7 Å². The average Bonchev–Trinajstić information content (AvgIpc) is 3.47. The minimum Gasteiger partial charge on any atom is -0.370 e. The van der Waals surface area contributed by atoms with Gasteiger partial charge in [-0.1, -0.05) is 49.2 Å². The molecular formula is C25H29N5O3. The summed E-state index contributed by atoms with van der Waals surface area (Å²) in [5, 5.41) is 8.09. The minimum absolute atomic E-state index is 0.102. The van der Waals surface area contributed by atoms with Crippen molar-refractivity contribution in [3.63, 3.8) is 0 Å². The minimum atomic E-state index is -0.371. The fourth-order valence-corrected chi connectivity index (χ4v) is 4.20. The quantitative estimate of drug-likeness (QED) is 0.356. The number of fused-ring (bicyclic) bond motifs is 1. The molecule has 3 aromatic rings. The van der Waals surface area contributed by atoms with Gasteiger partial charge >= 0.3 is 0 Å². The summed E-state index contributed by atoms with van der Waals surface area (Å²) < 4.78 is 0. The second kappa shape index (κ2) is 10.3. The summed E-state index contributed by atoms with van der Waals surface area (Å²) in [5.74, 6) is -0.248. The summed E-state index contributed by atoms with van der Waals surface area (Å²) in [6.07, 6.45) is 5.38. The third-order valence-corrected chi connectivity index (χ3v) is 6.07. The Balaban J connectivity index is 1.48. The lowest BCUT2D eigenvalue weighted by Crippen LogP contribution is -2.35. The monoisotopic (exact) mass is 447 g/mol. The van der Waals surface area contributed by atoms with Gasteiger partial charge in [0.1, 0.15) is 5.82 Å². The predicted molar refractivity (Wildman–Crippen MR) is 126 cm³/mol. The zero-order valence-electron chi connectivity index (χ0n) is 18.5. The Kier molecular flexibility index (Phi) is 7.02. The van der Waals surface area contributed by atoms with E-state index in [2.05, 4.69) is 44.9 Å². The van der Waals surface area contributed by atoms with E-state index in [-0.39, 0.29) is 36.1 Å². The molecule has 5 N–H and O–H groups in total. The van der Waals surface area contributed by atoms with Crippen molar-refractivity contribution in [1.29, 1.82) is 0 Å².